The van der Waals surface area contributed by atoms with Crippen LogP contribution in [0.5, 0.6) is 5.75 Å². The van der Waals surface area contributed by atoms with Gasteiger partial charge in [-0.1, -0.05) is 6.92 Å². The smallest absolute Gasteiger partial charge is 0.143 e. The van der Waals surface area contributed by atoms with Crippen LogP contribution in [0.4, 0.5) is 10.1 Å². The molecule has 1 aromatic carbocycles. The highest BCUT2D eigenvalue weighted by molar-refractivity contribution is 5.71. The molecule has 2 aliphatic heterocycles. The minimum atomic E-state index is -0.756. The predicted octanol–water partition coefficient (Wildman–Crippen LogP) is 3.20. The number of nitrogens with zero attached hydrogens (tertiary/aromatic N) is 1. The quantitative estimate of drug-likeness (QED) is 0.923. The van der Waals surface area contributed by atoms with E-state index in [9.17, 15) is 4.39 Å². The topological polar surface area (TPSA) is 24.5 Å². The number of rotatable bonds is 4. The van der Waals surface area contributed by atoms with Crippen LogP contribution in [0.2, 0.25) is 0 Å². The Hall–Kier alpha value is -1.29. The van der Waals surface area contributed by atoms with Gasteiger partial charge in [-0.05, 0) is 73.9 Å². The molecule has 0 amide bonds. The van der Waals surface area contributed by atoms with Crippen LogP contribution in [0.15, 0.2) is 6.07 Å². The van der Waals surface area contributed by atoms with E-state index in [4.69, 9.17) is 4.74 Å². The number of hydrogen-bond acceptors (Lipinski definition) is 3. The first-order valence-corrected chi connectivity index (χ1v) is 9.19. The van der Waals surface area contributed by atoms with Gasteiger partial charge in [-0.25, -0.2) is 4.39 Å². The number of nitrogens with one attached hydrogen (secondary N) is 1. The molecule has 2 heterocycles. The zero-order valence-electron chi connectivity index (χ0n) is 14.0. The summed E-state index contributed by atoms with van der Waals surface area (Å²) in [7, 11) is 0. The Labute approximate surface area is 138 Å². The van der Waals surface area contributed by atoms with Gasteiger partial charge >= 0.3 is 0 Å². The van der Waals surface area contributed by atoms with E-state index < -0.39 is 6.17 Å². The lowest BCUT2D eigenvalue weighted by atomic mass is 9.91. The van der Waals surface area contributed by atoms with E-state index in [2.05, 4.69) is 16.3 Å². The van der Waals surface area contributed by atoms with Crippen molar-refractivity contribution in [1.82, 2.24) is 5.32 Å². The van der Waals surface area contributed by atoms with Gasteiger partial charge in [0.05, 0.1) is 12.2 Å². The van der Waals surface area contributed by atoms with Gasteiger partial charge in [0.15, 0.2) is 0 Å². The van der Waals surface area contributed by atoms with Crippen LogP contribution in [-0.2, 0) is 12.8 Å². The van der Waals surface area contributed by atoms with Crippen molar-refractivity contribution < 1.29 is 9.13 Å². The third-order valence-corrected chi connectivity index (χ3v) is 5.41. The first-order valence-electron chi connectivity index (χ1n) is 9.19. The molecule has 1 aliphatic carbocycles. The number of fused-ring (bicyclic) bond motifs is 2. The summed E-state index contributed by atoms with van der Waals surface area (Å²) < 4.78 is 20.1. The van der Waals surface area contributed by atoms with Crippen LogP contribution in [0.1, 0.15) is 48.8 Å². The molecule has 4 rings (SSSR count). The van der Waals surface area contributed by atoms with Crippen LogP contribution < -0.4 is 15.0 Å². The average Bonchev–Trinajstić information content (AvgIpc) is 3.39. The van der Waals surface area contributed by atoms with Crippen LogP contribution in [0.3, 0.4) is 0 Å². The summed E-state index contributed by atoms with van der Waals surface area (Å²) in [6.45, 7) is 6.00. The molecule has 126 valence electrons. The molecule has 23 heavy (non-hydrogen) atoms. The van der Waals surface area contributed by atoms with Crippen molar-refractivity contribution >= 4 is 5.69 Å². The van der Waals surface area contributed by atoms with Gasteiger partial charge < -0.3 is 15.0 Å². The van der Waals surface area contributed by atoms with E-state index in [0.717, 1.165) is 38.2 Å². The summed E-state index contributed by atoms with van der Waals surface area (Å²) in [5.41, 5.74) is 5.68. The second kappa shape index (κ2) is 6.31. The maximum absolute atomic E-state index is 14.1. The summed E-state index contributed by atoms with van der Waals surface area (Å²) in [5.74, 6) is 1.67. The number of hydrogen-bond donors (Lipinski definition) is 1. The fraction of sp³-hybridized carbons (Fsp3) is 0.684. The first kappa shape index (κ1) is 15.3. The Morgan fingerprint density at radius 2 is 2.17 bits per heavy atom. The standard InChI is InChI=1S/C19H27FN2O/c1-2-15(20)12-22-9-10-23-17-11-14-5-7-21-8-6-16(14)18(19(17)22)13-3-4-13/h11,13,15,21H,2-10,12H2,1H3/t15-/m1/s1. The highest BCUT2D eigenvalue weighted by atomic mass is 19.1. The van der Waals surface area contributed by atoms with Gasteiger partial charge in [0, 0.05) is 6.54 Å². The number of halogens is 1. The van der Waals surface area contributed by atoms with Gasteiger partial charge in [0.25, 0.3) is 0 Å². The Morgan fingerprint density at radius 3 is 2.96 bits per heavy atom. The molecule has 1 fully saturated rings. The summed E-state index contributed by atoms with van der Waals surface area (Å²) >= 11 is 0. The minimum Gasteiger partial charge on any atom is -0.490 e. The normalized spacial score (nSPS) is 21.9. The van der Waals surface area contributed by atoms with Crippen molar-refractivity contribution in [3.8, 4) is 5.75 Å². The highest BCUT2D eigenvalue weighted by Crippen LogP contribution is 2.51. The highest BCUT2D eigenvalue weighted by Gasteiger charge is 2.35. The summed E-state index contributed by atoms with van der Waals surface area (Å²) in [6.07, 6.45) is 4.55. The zero-order chi connectivity index (χ0) is 15.8. The fourth-order valence-electron chi connectivity index (χ4n) is 4.02. The monoisotopic (exact) mass is 318 g/mol. The van der Waals surface area contributed by atoms with E-state index in [1.807, 2.05) is 6.92 Å². The van der Waals surface area contributed by atoms with Crippen LogP contribution in [-0.4, -0.2) is 39.0 Å². The van der Waals surface area contributed by atoms with Gasteiger partial charge in [0.1, 0.15) is 18.5 Å². The van der Waals surface area contributed by atoms with Crippen LogP contribution in [0.25, 0.3) is 0 Å². The molecule has 0 spiro atoms. The Bertz CT molecular complexity index is 585. The van der Waals surface area contributed by atoms with Crippen molar-refractivity contribution in [3.63, 3.8) is 0 Å². The predicted molar refractivity (Wildman–Crippen MR) is 91.6 cm³/mol. The number of alkyl halides is 1. The molecule has 0 bridgehead atoms. The van der Waals surface area contributed by atoms with Crippen LogP contribution in [0, 0.1) is 0 Å². The molecule has 1 N–H and O–H groups in total. The van der Waals surface area contributed by atoms with E-state index >= 15 is 0 Å². The average molecular weight is 318 g/mol. The molecule has 0 unspecified atom stereocenters. The number of benzene rings is 1. The van der Waals surface area contributed by atoms with Gasteiger partial charge in [-0.15, -0.1) is 0 Å². The molecular formula is C19H27FN2O. The molecule has 4 heteroatoms. The van der Waals surface area contributed by atoms with Crippen molar-refractivity contribution in [1.29, 1.82) is 0 Å². The van der Waals surface area contributed by atoms with Gasteiger partial charge in [0.2, 0.25) is 0 Å². The largest absolute Gasteiger partial charge is 0.490 e. The third kappa shape index (κ3) is 2.93. The van der Waals surface area contributed by atoms with E-state index in [1.165, 1.54) is 35.2 Å². The first-order chi connectivity index (χ1) is 11.3. The molecule has 1 saturated carbocycles. The molecule has 3 aliphatic rings. The minimum absolute atomic E-state index is 0.504. The lowest BCUT2D eigenvalue weighted by molar-refractivity contribution is 0.282. The summed E-state index contributed by atoms with van der Waals surface area (Å²) in [4.78, 5) is 2.26. The molecule has 0 saturated heterocycles. The molecule has 0 aromatic heterocycles. The maximum Gasteiger partial charge on any atom is 0.143 e. The van der Waals surface area contributed by atoms with E-state index in [0.29, 0.717) is 25.5 Å². The maximum atomic E-state index is 14.1. The molecular weight excluding hydrogens is 291 g/mol. The van der Waals surface area contributed by atoms with Gasteiger partial charge in [-0.2, -0.15) is 0 Å². The van der Waals surface area contributed by atoms with Crippen LogP contribution >= 0.6 is 0 Å². The molecule has 3 nitrogen and oxygen atoms in total. The second-order valence-electron chi connectivity index (χ2n) is 7.10. The fourth-order valence-corrected chi connectivity index (χ4v) is 4.02. The Balaban J connectivity index is 1.80. The summed E-state index contributed by atoms with van der Waals surface area (Å²) in [6, 6.07) is 2.24. The van der Waals surface area contributed by atoms with Crippen molar-refractivity contribution in [2.24, 2.45) is 0 Å². The van der Waals surface area contributed by atoms with E-state index in [1.54, 1.807) is 0 Å². The second-order valence-corrected chi connectivity index (χ2v) is 7.10. The SMILES string of the molecule is CC[C@@H](F)CN1CCOc2cc3c(c(C4CC4)c21)CCNCC3. The summed E-state index contributed by atoms with van der Waals surface area (Å²) in [5, 5.41) is 3.51. The molecule has 1 atom stereocenters. The third-order valence-electron chi connectivity index (χ3n) is 5.41. The molecule has 0 radical (unpaired) electrons. The Kier molecular flexibility index (Phi) is 4.18. The van der Waals surface area contributed by atoms with Gasteiger partial charge in [-0.3, -0.25) is 0 Å². The van der Waals surface area contributed by atoms with E-state index in [-0.39, 0.29) is 0 Å². The lowest BCUT2D eigenvalue weighted by Crippen LogP contribution is -2.38. The zero-order valence-corrected chi connectivity index (χ0v) is 14.0. The van der Waals surface area contributed by atoms with Crippen molar-refractivity contribution in [3.05, 3.63) is 22.8 Å². The van der Waals surface area contributed by atoms with Crippen molar-refractivity contribution in [2.45, 2.75) is 51.1 Å². The Morgan fingerprint density at radius 1 is 1.35 bits per heavy atom. The number of ether oxygens (including phenoxy) is 1. The lowest BCUT2D eigenvalue weighted by Gasteiger charge is -2.35. The van der Waals surface area contributed by atoms with Crippen molar-refractivity contribution in [2.75, 3.05) is 37.7 Å². The number of anilines is 1. The molecule has 1 aromatic rings.